The second-order valence-electron chi connectivity index (χ2n) is 6.08. The Balaban J connectivity index is 1.67. The Kier molecular flexibility index (Phi) is 6.26. The molecule has 0 saturated carbocycles. The highest BCUT2D eigenvalue weighted by Gasteiger charge is 2.23. The normalized spacial score (nSPS) is 23.8. The summed E-state index contributed by atoms with van der Waals surface area (Å²) < 4.78 is 0. The molecule has 2 rings (SSSR count). The molecule has 2 aliphatic rings. The number of likely N-dealkylation sites (tertiary alicyclic amines) is 1. The molecule has 0 aromatic rings. The van der Waals surface area contributed by atoms with E-state index in [1.54, 1.807) is 0 Å². The lowest BCUT2D eigenvalue weighted by Crippen LogP contribution is -2.51. The van der Waals surface area contributed by atoms with E-state index < -0.39 is 0 Å². The molecule has 116 valence electrons. The van der Waals surface area contributed by atoms with Crippen molar-refractivity contribution in [2.45, 2.75) is 38.7 Å². The van der Waals surface area contributed by atoms with E-state index in [-0.39, 0.29) is 6.10 Å². The Labute approximate surface area is 122 Å². The number of piperidine rings is 1. The Bertz CT molecular complexity index is 297. The van der Waals surface area contributed by atoms with Crippen molar-refractivity contribution in [3.8, 4) is 0 Å². The van der Waals surface area contributed by atoms with Gasteiger partial charge in [0, 0.05) is 45.8 Å². The molecule has 1 N–H and O–H groups in total. The highest BCUT2D eigenvalue weighted by Crippen LogP contribution is 2.10. The Hall–Kier alpha value is -0.650. The lowest BCUT2D eigenvalue weighted by atomic mass is 10.1. The van der Waals surface area contributed by atoms with Crippen molar-refractivity contribution in [3.05, 3.63) is 0 Å². The molecule has 2 saturated heterocycles. The Morgan fingerprint density at radius 3 is 2.20 bits per heavy atom. The van der Waals surface area contributed by atoms with E-state index in [9.17, 15) is 9.90 Å². The second kappa shape index (κ2) is 7.96. The molecule has 20 heavy (non-hydrogen) atoms. The maximum absolute atomic E-state index is 12.2. The third kappa shape index (κ3) is 4.72. The topological polar surface area (TPSA) is 47.0 Å². The summed E-state index contributed by atoms with van der Waals surface area (Å²) in [7, 11) is 0. The van der Waals surface area contributed by atoms with Gasteiger partial charge in [-0.1, -0.05) is 6.92 Å². The van der Waals surface area contributed by atoms with Gasteiger partial charge in [0.25, 0.3) is 0 Å². The van der Waals surface area contributed by atoms with Crippen LogP contribution >= 0.6 is 0 Å². The van der Waals surface area contributed by atoms with Crippen LogP contribution in [0.15, 0.2) is 0 Å². The van der Waals surface area contributed by atoms with Crippen molar-refractivity contribution in [1.29, 1.82) is 0 Å². The van der Waals surface area contributed by atoms with Gasteiger partial charge in [-0.2, -0.15) is 0 Å². The Morgan fingerprint density at radius 1 is 1.00 bits per heavy atom. The van der Waals surface area contributed by atoms with Gasteiger partial charge in [-0.05, 0) is 25.7 Å². The molecule has 0 aromatic heterocycles. The first-order valence-corrected chi connectivity index (χ1v) is 8.09. The Morgan fingerprint density at radius 2 is 1.60 bits per heavy atom. The predicted molar refractivity (Wildman–Crippen MR) is 79.6 cm³/mol. The van der Waals surface area contributed by atoms with Crippen molar-refractivity contribution >= 4 is 5.91 Å². The number of aliphatic hydroxyl groups excluding tert-OH is 1. The van der Waals surface area contributed by atoms with Crippen LogP contribution in [0, 0.1) is 0 Å². The average molecular weight is 283 g/mol. The van der Waals surface area contributed by atoms with Crippen LogP contribution in [0.4, 0.5) is 0 Å². The molecule has 1 atom stereocenters. The van der Waals surface area contributed by atoms with Crippen molar-refractivity contribution in [1.82, 2.24) is 14.7 Å². The molecule has 1 unspecified atom stereocenters. The number of rotatable bonds is 5. The van der Waals surface area contributed by atoms with Gasteiger partial charge >= 0.3 is 0 Å². The van der Waals surface area contributed by atoms with Crippen LogP contribution < -0.4 is 0 Å². The molecule has 0 spiro atoms. The number of β-amino-alcohol motifs (C(OH)–C–C–N with tert-alkyl or cyclic N) is 1. The fourth-order valence-electron chi connectivity index (χ4n) is 2.99. The van der Waals surface area contributed by atoms with Crippen LogP contribution in [0.25, 0.3) is 0 Å². The first-order chi connectivity index (χ1) is 9.69. The summed E-state index contributed by atoms with van der Waals surface area (Å²) in [4.78, 5) is 18.8. The third-order valence-corrected chi connectivity index (χ3v) is 4.47. The zero-order valence-electron chi connectivity index (χ0n) is 12.8. The number of aliphatic hydroxyl groups is 1. The van der Waals surface area contributed by atoms with Gasteiger partial charge in [-0.25, -0.2) is 0 Å². The fraction of sp³-hybridized carbons (Fsp3) is 0.933. The highest BCUT2D eigenvalue weighted by atomic mass is 16.3. The number of hydrogen-bond donors (Lipinski definition) is 1. The molecule has 5 nitrogen and oxygen atoms in total. The van der Waals surface area contributed by atoms with E-state index in [1.807, 2.05) is 11.8 Å². The van der Waals surface area contributed by atoms with E-state index in [0.29, 0.717) is 12.5 Å². The molecule has 5 heteroatoms. The zero-order valence-corrected chi connectivity index (χ0v) is 12.8. The molecule has 2 heterocycles. The SMILES string of the molecule is CCC(O)CN1CCN(CC(=O)N2CCCCC2)CC1. The standard InChI is InChI=1S/C15H29N3O2/c1-2-14(19)12-16-8-10-17(11-9-16)13-15(20)18-6-4-3-5-7-18/h14,19H,2-13H2,1H3. The molecular formula is C15H29N3O2. The van der Waals surface area contributed by atoms with Crippen LogP contribution in [0.2, 0.25) is 0 Å². The van der Waals surface area contributed by atoms with Crippen LogP contribution in [-0.4, -0.2) is 84.2 Å². The molecule has 0 radical (unpaired) electrons. The van der Waals surface area contributed by atoms with Crippen molar-refractivity contribution in [3.63, 3.8) is 0 Å². The van der Waals surface area contributed by atoms with Crippen LogP contribution in [-0.2, 0) is 4.79 Å². The molecule has 2 fully saturated rings. The first-order valence-electron chi connectivity index (χ1n) is 8.09. The van der Waals surface area contributed by atoms with Crippen LogP contribution in [0.3, 0.4) is 0 Å². The average Bonchev–Trinajstić information content (AvgIpc) is 2.50. The minimum absolute atomic E-state index is 0.212. The number of piperazine rings is 1. The van der Waals surface area contributed by atoms with Gasteiger partial charge in [0.2, 0.25) is 5.91 Å². The monoisotopic (exact) mass is 283 g/mol. The third-order valence-electron chi connectivity index (χ3n) is 4.47. The minimum Gasteiger partial charge on any atom is -0.392 e. The van der Waals surface area contributed by atoms with Gasteiger partial charge in [-0.15, -0.1) is 0 Å². The van der Waals surface area contributed by atoms with E-state index in [2.05, 4.69) is 9.80 Å². The fourth-order valence-corrected chi connectivity index (χ4v) is 2.99. The first kappa shape index (κ1) is 15.7. The summed E-state index contributed by atoms with van der Waals surface area (Å²) in [5.74, 6) is 0.298. The number of amides is 1. The highest BCUT2D eigenvalue weighted by molar-refractivity contribution is 5.78. The summed E-state index contributed by atoms with van der Waals surface area (Å²) in [5, 5.41) is 9.68. The van der Waals surface area contributed by atoms with E-state index in [1.165, 1.54) is 6.42 Å². The molecular weight excluding hydrogens is 254 g/mol. The largest absolute Gasteiger partial charge is 0.392 e. The van der Waals surface area contributed by atoms with E-state index in [0.717, 1.165) is 65.1 Å². The summed E-state index contributed by atoms with van der Waals surface area (Å²) in [6.07, 6.45) is 4.19. The quantitative estimate of drug-likeness (QED) is 0.793. The minimum atomic E-state index is -0.212. The van der Waals surface area contributed by atoms with E-state index >= 15 is 0 Å². The second-order valence-corrected chi connectivity index (χ2v) is 6.08. The molecule has 1 amide bonds. The lowest BCUT2D eigenvalue weighted by Gasteiger charge is -2.36. The molecule has 0 bridgehead atoms. The maximum atomic E-state index is 12.2. The summed E-state index contributed by atoms with van der Waals surface area (Å²) in [6.45, 7) is 9.05. The number of nitrogens with zero attached hydrogens (tertiary/aromatic N) is 3. The van der Waals surface area contributed by atoms with Gasteiger partial charge in [0.05, 0.1) is 12.6 Å². The van der Waals surface area contributed by atoms with Gasteiger partial charge in [0.1, 0.15) is 0 Å². The zero-order chi connectivity index (χ0) is 14.4. The summed E-state index contributed by atoms with van der Waals surface area (Å²) in [5.41, 5.74) is 0. The van der Waals surface area contributed by atoms with Crippen molar-refractivity contribution in [2.75, 3.05) is 52.4 Å². The van der Waals surface area contributed by atoms with Gasteiger partial charge in [0.15, 0.2) is 0 Å². The smallest absolute Gasteiger partial charge is 0.236 e. The lowest BCUT2D eigenvalue weighted by molar-refractivity contribution is -0.133. The van der Waals surface area contributed by atoms with Gasteiger partial charge < -0.3 is 10.0 Å². The van der Waals surface area contributed by atoms with Crippen molar-refractivity contribution in [2.24, 2.45) is 0 Å². The molecule has 0 aromatic carbocycles. The predicted octanol–water partition coefficient (Wildman–Crippen LogP) is 0.387. The summed E-state index contributed by atoms with van der Waals surface area (Å²) in [6, 6.07) is 0. The number of carbonyl (C=O) groups is 1. The molecule has 0 aliphatic carbocycles. The van der Waals surface area contributed by atoms with Crippen LogP contribution in [0.1, 0.15) is 32.6 Å². The maximum Gasteiger partial charge on any atom is 0.236 e. The molecule has 2 aliphatic heterocycles. The van der Waals surface area contributed by atoms with E-state index in [4.69, 9.17) is 0 Å². The number of hydrogen-bond acceptors (Lipinski definition) is 4. The van der Waals surface area contributed by atoms with Gasteiger partial charge in [-0.3, -0.25) is 14.6 Å². The number of carbonyl (C=O) groups excluding carboxylic acids is 1. The van der Waals surface area contributed by atoms with Crippen molar-refractivity contribution < 1.29 is 9.90 Å². The summed E-state index contributed by atoms with van der Waals surface area (Å²) >= 11 is 0. The van der Waals surface area contributed by atoms with Crippen LogP contribution in [0.5, 0.6) is 0 Å².